The molecular weight excluding hydrogens is 359 g/mol. The zero-order chi connectivity index (χ0) is 16.6. The molecule has 2 aromatic carbocycles. The summed E-state index contributed by atoms with van der Waals surface area (Å²) >= 11 is 17.8. The van der Waals surface area contributed by atoms with E-state index in [0.717, 1.165) is 4.57 Å². The first-order chi connectivity index (χ1) is 11.0. The van der Waals surface area contributed by atoms with Crippen LogP contribution in [0.3, 0.4) is 0 Å². The van der Waals surface area contributed by atoms with Gasteiger partial charge in [0, 0.05) is 16.1 Å². The second-order valence-electron chi connectivity index (χ2n) is 4.71. The Kier molecular flexibility index (Phi) is 4.31. The standard InChI is InChI=1S/C16H9Cl3N2O2/c17-10-1-5-12(6-2-10)20-14(19)9-15(22)21(16(20)23)13-7-3-11(18)4-8-13/h1-9H. The van der Waals surface area contributed by atoms with Gasteiger partial charge in [0.1, 0.15) is 5.15 Å². The lowest BCUT2D eigenvalue weighted by Crippen LogP contribution is -2.37. The van der Waals surface area contributed by atoms with Crippen molar-refractivity contribution in [3.8, 4) is 11.4 Å². The molecule has 0 saturated carbocycles. The van der Waals surface area contributed by atoms with E-state index in [-0.39, 0.29) is 5.15 Å². The average molecular weight is 368 g/mol. The van der Waals surface area contributed by atoms with Crippen molar-refractivity contribution in [1.29, 1.82) is 0 Å². The van der Waals surface area contributed by atoms with Gasteiger partial charge < -0.3 is 0 Å². The summed E-state index contributed by atoms with van der Waals surface area (Å²) in [6.07, 6.45) is 0. The van der Waals surface area contributed by atoms with Crippen LogP contribution in [0.5, 0.6) is 0 Å². The van der Waals surface area contributed by atoms with Gasteiger partial charge in [-0.1, -0.05) is 34.8 Å². The van der Waals surface area contributed by atoms with Crippen molar-refractivity contribution < 1.29 is 0 Å². The Labute approximate surface area is 146 Å². The Morgan fingerprint density at radius 3 is 1.57 bits per heavy atom. The van der Waals surface area contributed by atoms with Gasteiger partial charge in [-0.3, -0.25) is 9.36 Å². The topological polar surface area (TPSA) is 44.0 Å². The Balaban J connectivity index is 2.29. The molecule has 116 valence electrons. The molecule has 7 heteroatoms. The molecule has 0 radical (unpaired) electrons. The van der Waals surface area contributed by atoms with Crippen molar-refractivity contribution in [3.63, 3.8) is 0 Å². The minimum atomic E-state index is -0.577. The largest absolute Gasteiger partial charge is 0.341 e. The van der Waals surface area contributed by atoms with E-state index in [0.29, 0.717) is 21.4 Å². The van der Waals surface area contributed by atoms with Crippen LogP contribution in [-0.2, 0) is 0 Å². The highest BCUT2D eigenvalue weighted by molar-refractivity contribution is 6.31. The molecule has 0 aliphatic rings. The van der Waals surface area contributed by atoms with Crippen LogP contribution in [-0.4, -0.2) is 9.13 Å². The van der Waals surface area contributed by atoms with Crippen LogP contribution in [0.4, 0.5) is 0 Å². The van der Waals surface area contributed by atoms with Crippen LogP contribution in [0.15, 0.2) is 64.2 Å². The van der Waals surface area contributed by atoms with Gasteiger partial charge in [0.25, 0.3) is 5.56 Å². The molecule has 0 atom stereocenters. The molecule has 0 unspecified atom stereocenters. The lowest BCUT2D eigenvalue weighted by Gasteiger charge is -2.12. The van der Waals surface area contributed by atoms with Crippen LogP contribution in [0.1, 0.15) is 0 Å². The predicted octanol–water partition coefficient (Wildman–Crippen LogP) is 3.95. The Morgan fingerprint density at radius 2 is 1.09 bits per heavy atom. The molecule has 0 spiro atoms. The third kappa shape index (κ3) is 3.06. The second kappa shape index (κ2) is 6.24. The highest BCUT2D eigenvalue weighted by Gasteiger charge is 2.13. The highest BCUT2D eigenvalue weighted by atomic mass is 35.5. The molecule has 23 heavy (non-hydrogen) atoms. The number of halogens is 3. The maximum absolute atomic E-state index is 12.8. The van der Waals surface area contributed by atoms with Crippen molar-refractivity contribution in [3.05, 3.63) is 90.6 Å². The van der Waals surface area contributed by atoms with Gasteiger partial charge in [-0.25, -0.2) is 9.36 Å². The van der Waals surface area contributed by atoms with Crippen molar-refractivity contribution in [2.24, 2.45) is 0 Å². The molecule has 0 aliphatic carbocycles. The van der Waals surface area contributed by atoms with Crippen LogP contribution < -0.4 is 11.2 Å². The van der Waals surface area contributed by atoms with E-state index < -0.39 is 11.2 Å². The van der Waals surface area contributed by atoms with Crippen molar-refractivity contribution in [1.82, 2.24) is 9.13 Å². The number of hydrogen-bond donors (Lipinski definition) is 0. The van der Waals surface area contributed by atoms with Gasteiger partial charge in [-0.2, -0.15) is 0 Å². The van der Waals surface area contributed by atoms with E-state index in [4.69, 9.17) is 34.8 Å². The van der Waals surface area contributed by atoms with E-state index in [1.807, 2.05) is 0 Å². The zero-order valence-corrected chi connectivity index (χ0v) is 13.8. The summed E-state index contributed by atoms with van der Waals surface area (Å²) in [6, 6.07) is 14.1. The predicted molar refractivity (Wildman–Crippen MR) is 92.7 cm³/mol. The van der Waals surface area contributed by atoms with Gasteiger partial charge in [0.2, 0.25) is 0 Å². The fourth-order valence-corrected chi connectivity index (χ4v) is 2.68. The van der Waals surface area contributed by atoms with E-state index in [1.54, 1.807) is 48.5 Å². The third-order valence-corrected chi connectivity index (χ3v) is 4.01. The number of hydrogen-bond acceptors (Lipinski definition) is 2. The summed E-state index contributed by atoms with van der Waals surface area (Å²) in [6.45, 7) is 0. The van der Waals surface area contributed by atoms with Crippen LogP contribution in [0.2, 0.25) is 15.2 Å². The number of aromatic nitrogens is 2. The smallest absolute Gasteiger partial charge is 0.269 e. The Hall–Kier alpha value is -2.01. The van der Waals surface area contributed by atoms with Gasteiger partial charge in [0.05, 0.1) is 11.4 Å². The van der Waals surface area contributed by atoms with Crippen LogP contribution in [0, 0.1) is 0 Å². The molecule has 0 fully saturated rings. The van der Waals surface area contributed by atoms with Gasteiger partial charge in [0.15, 0.2) is 0 Å². The van der Waals surface area contributed by atoms with E-state index in [2.05, 4.69) is 0 Å². The quantitative estimate of drug-likeness (QED) is 0.644. The number of benzene rings is 2. The summed E-state index contributed by atoms with van der Waals surface area (Å²) in [4.78, 5) is 25.0. The summed E-state index contributed by atoms with van der Waals surface area (Å²) < 4.78 is 2.25. The minimum Gasteiger partial charge on any atom is -0.269 e. The van der Waals surface area contributed by atoms with Gasteiger partial charge >= 0.3 is 5.69 Å². The Morgan fingerprint density at radius 1 is 0.652 bits per heavy atom. The second-order valence-corrected chi connectivity index (χ2v) is 5.97. The van der Waals surface area contributed by atoms with E-state index in [1.165, 1.54) is 10.6 Å². The fraction of sp³-hybridized carbons (Fsp3) is 0. The normalized spacial score (nSPS) is 10.7. The third-order valence-electron chi connectivity index (χ3n) is 3.23. The summed E-state index contributed by atoms with van der Waals surface area (Å²) in [7, 11) is 0. The highest BCUT2D eigenvalue weighted by Crippen LogP contribution is 2.16. The summed E-state index contributed by atoms with van der Waals surface area (Å²) in [5, 5.41) is 1.06. The molecule has 3 rings (SSSR count). The first-order valence-electron chi connectivity index (χ1n) is 6.54. The molecule has 0 N–H and O–H groups in total. The molecule has 1 heterocycles. The van der Waals surface area contributed by atoms with Crippen LogP contribution in [0.25, 0.3) is 11.4 Å². The fourth-order valence-electron chi connectivity index (χ4n) is 2.17. The minimum absolute atomic E-state index is 0.0209. The molecule has 0 bridgehead atoms. The van der Waals surface area contributed by atoms with Crippen molar-refractivity contribution in [2.45, 2.75) is 0 Å². The van der Waals surface area contributed by atoms with Gasteiger partial charge in [-0.05, 0) is 48.5 Å². The summed E-state index contributed by atoms with van der Waals surface area (Å²) in [5.74, 6) is 0. The van der Waals surface area contributed by atoms with Crippen molar-refractivity contribution >= 4 is 34.8 Å². The molecule has 0 amide bonds. The maximum Gasteiger partial charge on any atom is 0.341 e. The SMILES string of the molecule is O=c1cc(Cl)n(-c2ccc(Cl)cc2)c(=O)n1-c1ccc(Cl)cc1. The summed E-state index contributed by atoms with van der Waals surface area (Å²) in [5.41, 5.74) is -0.185. The molecule has 0 saturated heterocycles. The molecule has 3 aromatic rings. The van der Waals surface area contributed by atoms with E-state index in [9.17, 15) is 9.59 Å². The van der Waals surface area contributed by atoms with Crippen molar-refractivity contribution in [2.75, 3.05) is 0 Å². The molecule has 4 nitrogen and oxygen atoms in total. The zero-order valence-electron chi connectivity index (χ0n) is 11.5. The number of nitrogens with zero attached hydrogens (tertiary/aromatic N) is 2. The lowest BCUT2D eigenvalue weighted by atomic mass is 10.3. The van der Waals surface area contributed by atoms with Gasteiger partial charge in [-0.15, -0.1) is 0 Å². The van der Waals surface area contributed by atoms with Crippen LogP contribution >= 0.6 is 34.8 Å². The first-order valence-corrected chi connectivity index (χ1v) is 7.67. The monoisotopic (exact) mass is 366 g/mol. The average Bonchev–Trinajstić information content (AvgIpc) is 2.50. The number of rotatable bonds is 2. The van der Waals surface area contributed by atoms with E-state index >= 15 is 0 Å². The first kappa shape index (κ1) is 15.9. The Bertz CT molecular complexity index is 974. The molecule has 0 aliphatic heterocycles. The molecular formula is C16H9Cl3N2O2. The molecule has 1 aromatic heterocycles. The lowest BCUT2D eigenvalue weighted by molar-refractivity contribution is 0.802. The maximum atomic E-state index is 12.8.